The molecule has 0 bridgehead atoms. The summed E-state index contributed by atoms with van der Waals surface area (Å²) in [6.07, 6.45) is 0.505. The molecule has 128 valence electrons. The second-order valence-corrected chi connectivity index (χ2v) is 8.79. The number of unbranched alkanes of at least 4 members (excludes halogenated alkanes) is 1. The number of para-hydroxylation sites is 1. The summed E-state index contributed by atoms with van der Waals surface area (Å²) in [5, 5.41) is 1.09. The Morgan fingerprint density at radius 1 is 1.30 bits per heavy atom. The van der Waals surface area contributed by atoms with Crippen LogP contribution in [0, 0.1) is 0 Å². The van der Waals surface area contributed by atoms with Gasteiger partial charge in [-0.1, -0.05) is 18.2 Å². The molecule has 8 heteroatoms. The van der Waals surface area contributed by atoms with Gasteiger partial charge in [0.2, 0.25) is 10.3 Å². The van der Waals surface area contributed by atoms with Crippen LogP contribution < -0.4 is 3.89 Å². The van der Waals surface area contributed by atoms with Crippen molar-refractivity contribution in [2.24, 2.45) is 0 Å². The molecule has 1 aliphatic rings. The summed E-state index contributed by atoms with van der Waals surface area (Å²) in [4.78, 5) is 0. The van der Waals surface area contributed by atoms with Gasteiger partial charge in [-0.2, -0.15) is 20.7 Å². The summed E-state index contributed by atoms with van der Waals surface area (Å²) in [5.74, 6) is 0. The molecule has 0 spiro atoms. The quantitative estimate of drug-likeness (QED) is 0.345. The van der Waals surface area contributed by atoms with Crippen molar-refractivity contribution in [1.82, 2.24) is 3.89 Å². The van der Waals surface area contributed by atoms with E-state index in [9.17, 15) is 21.4 Å². The Labute approximate surface area is 138 Å². The van der Waals surface area contributed by atoms with Gasteiger partial charge < -0.3 is 4.55 Å². The maximum atomic E-state index is 12.2. The standard InChI is InChI=1S/C15H21NO5S2/c1-12-15(2,3)13-8-4-5-9-14(13)16(12,23(19,20)21)10-6-7-11-22(17)18/h4-5,8-9,11-12H,6-7,10H2,1-3H3. The summed E-state index contributed by atoms with van der Waals surface area (Å²) in [5.41, 5.74) is 0.880. The van der Waals surface area contributed by atoms with Crippen molar-refractivity contribution >= 4 is 31.7 Å². The van der Waals surface area contributed by atoms with Crippen LogP contribution in [0.25, 0.3) is 0 Å². The Balaban J connectivity index is 2.57. The molecule has 0 fully saturated rings. The van der Waals surface area contributed by atoms with E-state index in [2.05, 4.69) is 0 Å². The van der Waals surface area contributed by atoms with E-state index >= 15 is 0 Å². The molecule has 0 aliphatic carbocycles. The van der Waals surface area contributed by atoms with Crippen LogP contribution >= 0.6 is 0 Å². The van der Waals surface area contributed by atoms with Crippen LogP contribution in [-0.2, 0) is 26.0 Å². The van der Waals surface area contributed by atoms with Gasteiger partial charge in [-0.05, 0) is 27.2 Å². The van der Waals surface area contributed by atoms with Crippen molar-refractivity contribution in [2.45, 2.75) is 45.1 Å². The second-order valence-electron chi connectivity index (χ2n) is 6.43. The maximum Gasteiger partial charge on any atom is 0.259 e. The van der Waals surface area contributed by atoms with E-state index in [0.717, 1.165) is 10.9 Å². The summed E-state index contributed by atoms with van der Waals surface area (Å²) >= 11 is 0. The highest BCUT2D eigenvalue weighted by atomic mass is 32.2. The Morgan fingerprint density at radius 3 is 2.48 bits per heavy atom. The van der Waals surface area contributed by atoms with Gasteiger partial charge in [0.15, 0.2) is 5.69 Å². The molecule has 6 nitrogen and oxygen atoms in total. The molecule has 1 aromatic rings. The third kappa shape index (κ3) is 2.84. The van der Waals surface area contributed by atoms with Crippen molar-refractivity contribution in [3.05, 3.63) is 29.8 Å². The van der Waals surface area contributed by atoms with E-state index < -0.39 is 35.9 Å². The number of nitrogens with zero attached hydrogens (tertiary/aromatic N) is 1. The topological polar surface area (TPSA) is 91.3 Å². The normalized spacial score (nSPS) is 25.8. The van der Waals surface area contributed by atoms with Crippen LogP contribution in [0.15, 0.2) is 24.3 Å². The molecule has 1 aromatic carbocycles. The largest absolute Gasteiger partial charge is 0.701 e. The molecule has 0 saturated carbocycles. The molecule has 0 amide bonds. The highest BCUT2D eigenvalue weighted by Gasteiger charge is 2.58. The Hall–Kier alpha value is -1.22. The third-order valence-electron chi connectivity index (χ3n) is 5.02. The van der Waals surface area contributed by atoms with Crippen LogP contribution in [0.5, 0.6) is 0 Å². The number of rotatable bonds is 5. The molecular formula is C15H21NO5S2. The van der Waals surface area contributed by atoms with Crippen molar-refractivity contribution in [3.8, 4) is 0 Å². The molecule has 0 N–H and O–H groups in total. The molecule has 1 aliphatic heterocycles. The first-order chi connectivity index (χ1) is 10.5. The number of hydrogen-bond acceptors (Lipinski definition) is 5. The summed E-state index contributed by atoms with van der Waals surface area (Å²) < 4.78 is 57.2. The Kier molecular flexibility index (Phi) is 4.74. The molecule has 2 atom stereocenters. The van der Waals surface area contributed by atoms with Crippen molar-refractivity contribution in [3.63, 3.8) is 0 Å². The number of fused-ring (bicyclic) bond motifs is 1. The summed E-state index contributed by atoms with van der Waals surface area (Å²) in [7, 11) is -6.96. The van der Waals surface area contributed by atoms with Crippen LogP contribution in [0.3, 0.4) is 0 Å². The average Bonchev–Trinajstić information content (AvgIpc) is 2.62. The zero-order valence-corrected chi connectivity index (χ0v) is 15.0. The molecule has 23 heavy (non-hydrogen) atoms. The van der Waals surface area contributed by atoms with Crippen LogP contribution in [-0.4, -0.2) is 39.3 Å². The van der Waals surface area contributed by atoms with Gasteiger partial charge in [0.25, 0.3) is 10.3 Å². The Morgan fingerprint density at radius 2 is 1.91 bits per heavy atom. The van der Waals surface area contributed by atoms with Crippen LogP contribution in [0.2, 0.25) is 0 Å². The number of hydrogen-bond donors (Lipinski definition) is 0. The monoisotopic (exact) mass is 359 g/mol. The highest BCUT2D eigenvalue weighted by Crippen LogP contribution is 2.51. The highest BCUT2D eigenvalue weighted by molar-refractivity contribution is 7.85. The predicted molar refractivity (Wildman–Crippen MR) is 89.5 cm³/mol. The van der Waals surface area contributed by atoms with Gasteiger partial charge in [0.05, 0.1) is 6.54 Å². The van der Waals surface area contributed by atoms with Gasteiger partial charge in [-0.25, -0.2) is 0 Å². The van der Waals surface area contributed by atoms with Gasteiger partial charge >= 0.3 is 0 Å². The van der Waals surface area contributed by atoms with Crippen LogP contribution in [0.4, 0.5) is 5.69 Å². The lowest BCUT2D eigenvalue weighted by Crippen LogP contribution is -2.61. The molecule has 1 heterocycles. The first-order valence-electron chi connectivity index (χ1n) is 7.40. The SMILES string of the molecule is CC1C(C)(C)c2ccccc2[N+]1(CCCC=S(=O)=O)S(=O)(=O)[O-]. The fourth-order valence-electron chi connectivity index (χ4n) is 3.55. The minimum atomic E-state index is -4.68. The van der Waals surface area contributed by atoms with Gasteiger partial charge in [-0.15, -0.1) is 0 Å². The fraction of sp³-hybridized carbons (Fsp3) is 0.533. The predicted octanol–water partition coefficient (Wildman–Crippen LogP) is 1.60. The number of benzene rings is 1. The average molecular weight is 359 g/mol. The summed E-state index contributed by atoms with van der Waals surface area (Å²) in [6, 6.07) is 6.64. The van der Waals surface area contributed by atoms with Gasteiger partial charge in [-0.3, -0.25) is 0 Å². The molecular weight excluding hydrogens is 338 g/mol. The fourth-order valence-corrected chi connectivity index (χ4v) is 5.31. The lowest BCUT2D eigenvalue weighted by molar-refractivity contribution is 0.250. The first-order valence-corrected chi connectivity index (χ1v) is 9.90. The summed E-state index contributed by atoms with van der Waals surface area (Å²) in [6.45, 7) is 5.69. The van der Waals surface area contributed by atoms with E-state index in [1.807, 2.05) is 26.0 Å². The second kappa shape index (κ2) is 6.01. The number of quaternary nitrogens is 1. The van der Waals surface area contributed by atoms with E-state index in [4.69, 9.17) is 0 Å². The smallest absolute Gasteiger partial charge is 0.259 e. The lowest BCUT2D eigenvalue weighted by Gasteiger charge is -2.42. The lowest BCUT2D eigenvalue weighted by atomic mass is 9.81. The first kappa shape index (κ1) is 18.1. The minimum absolute atomic E-state index is 0.0567. The van der Waals surface area contributed by atoms with Crippen molar-refractivity contribution in [1.29, 1.82) is 0 Å². The molecule has 2 unspecified atom stereocenters. The van der Waals surface area contributed by atoms with E-state index in [1.165, 1.54) is 0 Å². The third-order valence-corrected chi connectivity index (χ3v) is 7.02. The van der Waals surface area contributed by atoms with E-state index in [0.29, 0.717) is 12.1 Å². The maximum absolute atomic E-state index is 12.2. The van der Waals surface area contributed by atoms with Crippen molar-refractivity contribution in [2.75, 3.05) is 6.54 Å². The Bertz CT molecular complexity index is 834. The van der Waals surface area contributed by atoms with Gasteiger partial charge in [0.1, 0.15) is 6.04 Å². The molecule has 0 saturated heterocycles. The molecule has 0 radical (unpaired) electrons. The zero-order valence-electron chi connectivity index (χ0n) is 13.4. The zero-order chi connectivity index (χ0) is 17.5. The molecule has 0 aromatic heterocycles. The van der Waals surface area contributed by atoms with E-state index in [1.54, 1.807) is 19.1 Å². The van der Waals surface area contributed by atoms with E-state index in [-0.39, 0.29) is 13.0 Å². The van der Waals surface area contributed by atoms with Crippen LogP contribution in [0.1, 0.15) is 39.2 Å². The molecule has 2 rings (SSSR count). The minimum Gasteiger partial charge on any atom is -0.701 e. The van der Waals surface area contributed by atoms with Gasteiger partial charge in [0, 0.05) is 28.8 Å². The van der Waals surface area contributed by atoms with Crippen molar-refractivity contribution < 1.29 is 21.4 Å².